The molecular weight excluding hydrogens is 372 g/mol. The summed E-state index contributed by atoms with van der Waals surface area (Å²) in [6.45, 7) is 5.96. The Morgan fingerprint density at radius 2 is 1.64 bits per heavy atom. The molecule has 0 unspecified atom stereocenters. The number of unbranched alkanes of at least 4 members (excludes halogenated alkanes) is 1. The van der Waals surface area contributed by atoms with E-state index in [0.717, 1.165) is 67.3 Å². The van der Waals surface area contributed by atoms with Gasteiger partial charge < -0.3 is 9.64 Å². The zero-order chi connectivity index (χ0) is 19.2. The van der Waals surface area contributed by atoms with E-state index in [1.54, 1.807) is 6.20 Å². The number of benzene rings is 2. The third kappa shape index (κ3) is 4.72. The third-order valence-corrected chi connectivity index (χ3v) is 5.43. The summed E-state index contributed by atoms with van der Waals surface area (Å²) in [5.74, 6) is 0.604. The van der Waals surface area contributed by atoms with Crippen LogP contribution in [0.1, 0.15) is 12.8 Å². The first-order chi connectivity index (χ1) is 13.8. The molecule has 0 N–H and O–H groups in total. The molecule has 28 heavy (non-hydrogen) atoms. The Kier molecular flexibility index (Phi) is 6.24. The number of nitrogens with zero attached hydrogens (tertiary/aromatic N) is 4. The maximum absolute atomic E-state index is 6.32. The molecule has 1 saturated heterocycles. The number of ether oxygens (including phenoxy) is 1. The summed E-state index contributed by atoms with van der Waals surface area (Å²) in [7, 11) is 0. The van der Waals surface area contributed by atoms with Gasteiger partial charge in [-0.2, -0.15) is 0 Å². The van der Waals surface area contributed by atoms with Crippen LogP contribution < -0.4 is 9.64 Å². The van der Waals surface area contributed by atoms with Gasteiger partial charge in [-0.25, -0.2) is 9.97 Å². The van der Waals surface area contributed by atoms with Crippen LogP contribution in [0.15, 0.2) is 54.7 Å². The molecule has 3 aromatic rings. The molecule has 0 spiro atoms. The monoisotopic (exact) mass is 396 g/mol. The molecule has 1 aromatic heterocycles. The summed E-state index contributed by atoms with van der Waals surface area (Å²) in [5, 5.41) is 0.838. The molecule has 2 heterocycles. The SMILES string of the molecule is Clc1ccccc1N1CCN(CCCCOc2cnc3ccccc3n2)CC1. The average molecular weight is 397 g/mol. The van der Waals surface area contributed by atoms with Gasteiger partial charge in [0.05, 0.1) is 34.5 Å². The van der Waals surface area contributed by atoms with E-state index < -0.39 is 0 Å². The largest absolute Gasteiger partial charge is 0.477 e. The number of fused-ring (bicyclic) bond motifs is 1. The highest BCUT2D eigenvalue weighted by Crippen LogP contribution is 2.26. The van der Waals surface area contributed by atoms with Gasteiger partial charge in [0.2, 0.25) is 5.88 Å². The molecule has 146 valence electrons. The van der Waals surface area contributed by atoms with Gasteiger partial charge >= 0.3 is 0 Å². The van der Waals surface area contributed by atoms with Crippen LogP contribution in [0.3, 0.4) is 0 Å². The summed E-state index contributed by atoms with van der Waals surface area (Å²) in [6.07, 6.45) is 3.84. The highest BCUT2D eigenvalue weighted by molar-refractivity contribution is 6.33. The lowest BCUT2D eigenvalue weighted by Gasteiger charge is -2.36. The van der Waals surface area contributed by atoms with Crippen LogP contribution in [0, 0.1) is 0 Å². The van der Waals surface area contributed by atoms with E-state index in [1.807, 2.05) is 42.5 Å². The van der Waals surface area contributed by atoms with Crippen LogP contribution in [-0.4, -0.2) is 54.2 Å². The first kappa shape index (κ1) is 19.0. The van der Waals surface area contributed by atoms with Crippen LogP contribution in [0.25, 0.3) is 11.0 Å². The van der Waals surface area contributed by atoms with Crippen molar-refractivity contribution in [2.75, 3.05) is 44.2 Å². The zero-order valence-corrected chi connectivity index (χ0v) is 16.7. The molecule has 1 aliphatic rings. The maximum Gasteiger partial charge on any atom is 0.232 e. The van der Waals surface area contributed by atoms with Crippen LogP contribution >= 0.6 is 11.6 Å². The molecule has 2 aromatic carbocycles. The lowest BCUT2D eigenvalue weighted by Crippen LogP contribution is -2.46. The molecule has 4 rings (SSSR count). The van der Waals surface area contributed by atoms with E-state index in [9.17, 15) is 0 Å². The van der Waals surface area contributed by atoms with E-state index in [1.165, 1.54) is 0 Å². The fourth-order valence-electron chi connectivity index (χ4n) is 3.54. The van der Waals surface area contributed by atoms with Gasteiger partial charge in [-0.3, -0.25) is 4.90 Å². The number of anilines is 1. The summed E-state index contributed by atoms with van der Waals surface area (Å²) >= 11 is 6.32. The molecule has 1 fully saturated rings. The van der Waals surface area contributed by atoms with Crippen LogP contribution in [0.4, 0.5) is 5.69 Å². The number of halogens is 1. The van der Waals surface area contributed by atoms with Gasteiger partial charge in [-0.05, 0) is 43.7 Å². The Bertz CT molecular complexity index is 912. The Morgan fingerprint density at radius 1 is 0.893 bits per heavy atom. The number of hydrogen-bond donors (Lipinski definition) is 0. The lowest BCUT2D eigenvalue weighted by molar-refractivity contribution is 0.236. The first-order valence-electron chi connectivity index (χ1n) is 9.86. The van der Waals surface area contributed by atoms with E-state index in [2.05, 4.69) is 25.8 Å². The van der Waals surface area contributed by atoms with Crippen LogP contribution in [-0.2, 0) is 0 Å². The minimum atomic E-state index is 0.604. The van der Waals surface area contributed by atoms with Crippen molar-refractivity contribution in [3.63, 3.8) is 0 Å². The molecule has 1 aliphatic heterocycles. The summed E-state index contributed by atoms with van der Waals surface area (Å²) in [6, 6.07) is 15.9. The first-order valence-corrected chi connectivity index (χ1v) is 10.2. The second-order valence-corrected chi connectivity index (χ2v) is 7.44. The normalized spacial score (nSPS) is 15.1. The van der Waals surface area contributed by atoms with E-state index in [-0.39, 0.29) is 0 Å². The minimum Gasteiger partial charge on any atom is -0.477 e. The fraction of sp³-hybridized carbons (Fsp3) is 0.364. The summed E-state index contributed by atoms with van der Waals surface area (Å²) < 4.78 is 5.78. The fourth-order valence-corrected chi connectivity index (χ4v) is 3.80. The highest BCUT2D eigenvalue weighted by Gasteiger charge is 2.18. The Hall–Kier alpha value is -2.37. The smallest absolute Gasteiger partial charge is 0.232 e. The predicted molar refractivity (Wildman–Crippen MR) is 114 cm³/mol. The summed E-state index contributed by atoms with van der Waals surface area (Å²) in [5.41, 5.74) is 2.91. The third-order valence-electron chi connectivity index (χ3n) is 5.11. The quantitative estimate of drug-likeness (QED) is 0.558. The van der Waals surface area contributed by atoms with Gasteiger partial charge in [-0.15, -0.1) is 0 Å². The molecule has 6 heteroatoms. The van der Waals surface area contributed by atoms with Crippen molar-refractivity contribution in [1.82, 2.24) is 14.9 Å². The second kappa shape index (κ2) is 9.22. The molecule has 0 amide bonds. The highest BCUT2D eigenvalue weighted by atomic mass is 35.5. The number of aromatic nitrogens is 2. The van der Waals surface area contributed by atoms with E-state index in [0.29, 0.717) is 12.5 Å². The summed E-state index contributed by atoms with van der Waals surface area (Å²) in [4.78, 5) is 13.8. The van der Waals surface area contributed by atoms with Gasteiger partial charge in [0.25, 0.3) is 0 Å². The topological polar surface area (TPSA) is 41.5 Å². The molecule has 0 saturated carbocycles. The van der Waals surface area contributed by atoms with Gasteiger partial charge in [0.1, 0.15) is 0 Å². The van der Waals surface area contributed by atoms with Crippen LogP contribution in [0.5, 0.6) is 5.88 Å². The van der Waals surface area contributed by atoms with Gasteiger partial charge in [-0.1, -0.05) is 35.9 Å². The molecular formula is C22H25ClN4O. The van der Waals surface area contributed by atoms with Crippen molar-refractivity contribution in [3.05, 3.63) is 59.8 Å². The Balaban J connectivity index is 1.16. The van der Waals surface area contributed by atoms with Crippen molar-refractivity contribution < 1.29 is 4.74 Å². The van der Waals surface area contributed by atoms with Crippen molar-refractivity contribution in [3.8, 4) is 5.88 Å². The average Bonchev–Trinajstić information content (AvgIpc) is 2.74. The van der Waals surface area contributed by atoms with Crippen molar-refractivity contribution in [1.29, 1.82) is 0 Å². The van der Waals surface area contributed by atoms with Crippen molar-refractivity contribution in [2.24, 2.45) is 0 Å². The van der Waals surface area contributed by atoms with Gasteiger partial charge in [0.15, 0.2) is 0 Å². The molecule has 0 aliphatic carbocycles. The molecule has 5 nitrogen and oxygen atoms in total. The second-order valence-electron chi connectivity index (χ2n) is 7.03. The number of rotatable bonds is 7. The standard InChI is InChI=1S/C22H25ClN4O/c23-18-7-1-4-10-21(18)27-14-12-26(13-15-27)11-5-6-16-28-22-17-24-19-8-2-3-9-20(19)25-22/h1-4,7-10,17H,5-6,11-16H2. The van der Waals surface area contributed by atoms with Gasteiger partial charge in [0, 0.05) is 26.2 Å². The predicted octanol–water partition coefficient (Wildman–Crippen LogP) is 4.26. The minimum absolute atomic E-state index is 0.604. The molecule has 0 atom stereocenters. The Labute approximate surface area is 170 Å². The maximum atomic E-state index is 6.32. The lowest BCUT2D eigenvalue weighted by atomic mass is 10.2. The number of hydrogen-bond acceptors (Lipinski definition) is 5. The van der Waals surface area contributed by atoms with Crippen LogP contribution in [0.2, 0.25) is 5.02 Å². The Morgan fingerprint density at radius 3 is 2.46 bits per heavy atom. The van der Waals surface area contributed by atoms with Crippen molar-refractivity contribution >= 4 is 28.3 Å². The number of para-hydroxylation sites is 3. The zero-order valence-electron chi connectivity index (χ0n) is 15.9. The number of piperazine rings is 1. The molecule has 0 bridgehead atoms. The molecule has 0 radical (unpaired) electrons. The van der Waals surface area contributed by atoms with E-state index >= 15 is 0 Å². The van der Waals surface area contributed by atoms with Crippen molar-refractivity contribution in [2.45, 2.75) is 12.8 Å². The van der Waals surface area contributed by atoms with E-state index in [4.69, 9.17) is 16.3 Å².